The van der Waals surface area contributed by atoms with E-state index in [1.807, 2.05) is 19.9 Å². The molecule has 0 fully saturated rings. The van der Waals surface area contributed by atoms with Gasteiger partial charge in [-0.15, -0.1) is 6.58 Å². The predicted molar refractivity (Wildman–Crippen MR) is 150 cm³/mol. The molecule has 180 valence electrons. The number of allylic oxidation sites excluding steroid dienone is 4. The summed E-state index contributed by atoms with van der Waals surface area (Å²) in [5.41, 5.74) is 12.2. The minimum atomic E-state index is 0.479. The van der Waals surface area contributed by atoms with E-state index in [2.05, 4.69) is 100 Å². The molecule has 0 aliphatic rings. The van der Waals surface area contributed by atoms with Crippen LogP contribution in [0, 0.1) is 6.92 Å². The molecule has 0 radical (unpaired) electrons. The molecule has 0 saturated heterocycles. The number of nitrogens with zero attached hydrogens (tertiary/aromatic N) is 1. The standard InChI is InChI=1S/C15H16.C13H24N2.C3H6/c1-12-8-10-15(11-9-12)13(2)14-6-4-3-5-7-14;1-5-9-10-11(6-2)12(7-3)15-13(14)8-4;1-3-2/h3-11,13H,1-2H3;6H,2,5,7-10H2,1,3-4H3,(H2,14,15);3H,1H2,2H3/b;12-11+;. The van der Waals surface area contributed by atoms with Gasteiger partial charge in [0, 0.05) is 18.0 Å². The van der Waals surface area contributed by atoms with Gasteiger partial charge in [-0.1, -0.05) is 113 Å². The Labute approximate surface area is 204 Å². The third kappa shape index (κ3) is 12.7. The average Bonchev–Trinajstić information content (AvgIpc) is 2.85. The Morgan fingerprint density at radius 2 is 1.48 bits per heavy atom. The summed E-state index contributed by atoms with van der Waals surface area (Å²) < 4.78 is 0. The van der Waals surface area contributed by atoms with Gasteiger partial charge in [-0.2, -0.15) is 0 Å². The molecule has 1 unspecified atom stereocenters. The monoisotopic (exact) mass is 446 g/mol. The molecule has 2 N–H and O–H groups in total. The molecule has 2 aromatic carbocycles. The summed E-state index contributed by atoms with van der Waals surface area (Å²) >= 11 is 0. The van der Waals surface area contributed by atoms with Gasteiger partial charge >= 0.3 is 0 Å². The molecule has 0 aromatic heterocycles. The quantitative estimate of drug-likeness (QED) is 0.177. The van der Waals surface area contributed by atoms with Crippen LogP contribution in [-0.4, -0.2) is 5.84 Å². The van der Waals surface area contributed by atoms with Crippen molar-refractivity contribution in [2.75, 3.05) is 0 Å². The second-order valence-electron chi connectivity index (χ2n) is 8.04. The van der Waals surface area contributed by atoms with Crippen molar-refractivity contribution in [1.82, 2.24) is 0 Å². The molecule has 0 amide bonds. The molecule has 0 aliphatic carbocycles. The minimum absolute atomic E-state index is 0.479. The Balaban J connectivity index is 0.000000555. The van der Waals surface area contributed by atoms with Crippen molar-refractivity contribution in [1.29, 1.82) is 0 Å². The minimum Gasteiger partial charge on any atom is -0.387 e. The number of benzene rings is 2. The maximum Gasteiger partial charge on any atom is 0.0989 e. The van der Waals surface area contributed by atoms with E-state index in [1.54, 1.807) is 6.08 Å². The van der Waals surface area contributed by atoms with Crippen LogP contribution in [0.2, 0.25) is 0 Å². The van der Waals surface area contributed by atoms with Crippen LogP contribution in [0.5, 0.6) is 0 Å². The lowest BCUT2D eigenvalue weighted by atomic mass is 9.93. The molecule has 0 saturated carbocycles. The highest BCUT2D eigenvalue weighted by molar-refractivity contribution is 5.81. The molecule has 2 heteroatoms. The normalized spacial score (nSPS) is 12.2. The van der Waals surface area contributed by atoms with Crippen molar-refractivity contribution >= 4 is 5.84 Å². The third-order valence-electron chi connectivity index (χ3n) is 5.27. The first-order valence-corrected chi connectivity index (χ1v) is 12.2. The fraction of sp³-hybridized carbons (Fsp3) is 0.387. The number of hydrogen-bond donors (Lipinski definition) is 1. The zero-order chi connectivity index (χ0) is 25.1. The predicted octanol–water partition coefficient (Wildman–Crippen LogP) is 9.13. The summed E-state index contributed by atoms with van der Waals surface area (Å²) in [6, 6.07) is 19.4. The molecule has 2 rings (SSSR count). The summed E-state index contributed by atoms with van der Waals surface area (Å²) in [4.78, 5) is 4.44. The average molecular weight is 447 g/mol. The van der Waals surface area contributed by atoms with Gasteiger partial charge in [0.15, 0.2) is 0 Å². The van der Waals surface area contributed by atoms with Gasteiger partial charge < -0.3 is 5.73 Å². The van der Waals surface area contributed by atoms with Crippen LogP contribution in [0.25, 0.3) is 0 Å². The Hall–Kier alpha value is -2.87. The largest absolute Gasteiger partial charge is 0.387 e. The number of unbranched alkanes of at least 4 members (excludes halogenated alkanes) is 1. The highest BCUT2D eigenvalue weighted by Gasteiger charge is 2.06. The second kappa shape index (κ2) is 18.7. The highest BCUT2D eigenvalue weighted by Crippen LogP contribution is 2.23. The van der Waals surface area contributed by atoms with Crippen LogP contribution in [-0.2, 0) is 0 Å². The van der Waals surface area contributed by atoms with E-state index in [0.29, 0.717) is 11.8 Å². The van der Waals surface area contributed by atoms with Gasteiger partial charge in [-0.05, 0) is 49.8 Å². The van der Waals surface area contributed by atoms with Gasteiger partial charge in [0.05, 0.1) is 5.84 Å². The van der Waals surface area contributed by atoms with E-state index in [9.17, 15) is 0 Å². The molecule has 33 heavy (non-hydrogen) atoms. The van der Waals surface area contributed by atoms with Crippen molar-refractivity contribution in [3.63, 3.8) is 0 Å². The maximum absolute atomic E-state index is 5.75. The molecule has 0 aliphatic heterocycles. The number of amidine groups is 1. The number of rotatable bonds is 9. The van der Waals surface area contributed by atoms with Gasteiger partial charge in [0.2, 0.25) is 0 Å². The van der Waals surface area contributed by atoms with Crippen molar-refractivity contribution < 1.29 is 0 Å². The fourth-order valence-electron chi connectivity index (χ4n) is 3.15. The van der Waals surface area contributed by atoms with Crippen molar-refractivity contribution in [3.05, 3.63) is 108 Å². The summed E-state index contributed by atoms with van der Waals surface area (Å²) in [7, 11) is 0. The Morgan fingerprint density at radius 3 is 1.94 bits per heavy atom. The van der Waals surface area contributed by atoms with Crippen LogP contribution < -0.4 is 5.73 Å². The van der Waals surface area contributed by atoms with Crippen LogP contribution >= 0.6 is 0 Å². The third-order valence-corrected chi connectivity index (χ3v) is 5.27. The van der Waals surface area contributed by atoms with Crippen LogP contribution in [0.3, 0.4) is 0 Å². The first-order valence-electron chi connectivity index (χ1n) is 12.2. The van der Waals surface area contributed by atoms with E-state index in [1.165, 1.54) is 35.1 Å². The first kappa shape index (κ1) is 30.1. The fourth-order valence-corrected chi connectivity index (χ4v) is 3.15. The summed E-state index contributed by atoms with van der Waals surface area (Å²) in [6.07, 6.45) is 8.84. The molecule has 2 aromatic rings. The topological polar surface area (TPSA) is 38.4 Å². The lowest BCUT2D eigenvalue weighted by Gasteiger charge is -2.12. The van der Waals surface area contributed by atoms with Crippen LogP contribution in [0.15, 0.2) is 96.2 Å². The summed E-state index contributed by atoms with van der Waals surface area (Å²) in [6.45, 7) is 19.8. The summed E-state index contributed by atoms with van der Waals surface area (Å²) in [5, 5.41) is 0. The maximum atomic E-state index is 5.75. The molecular formula is C31H46N2. The Morgan fingerprint density at radius 1 is 0.939 bits per heavy atom. The van der Waals surface area contributed by atoms with Crippen LogP contribution in [0.4, 0.5) is 0 Å². The molecule has 0 heterocycles. The van der Waals surface area contributed by atoms with Crippen molar-refractivity contribution in [2.24, 2.45) is 10.7 Å². The zero-order valence-electron chi connectivity index (χ0n) is 21.9. The van der Waals surface area contributed by atoms with E-state index in [0.717, 1.165) is 25.0 Å². The number of nitrogens with two attached hydrogens (primary N) is 1. The van der Waals surface area contributed by atoms with E-state index in [4.69, 9.17) is 5.73 Å². The van der Waals surface area contributed by atoms with E-state index in [-0.39, 0.29) is 0 Å². The SMILES string of the molecule is C=C/C(CCCC)=C(/CC)N=C(N)CC.C=CC.Cc1ccc(C(C)c2ccccc2)cc1. The highest BCUT2D eigenvalue weighted by atomic mass is 14.9. The molecule has 2 nitrogen and oxygen atoms in total. The van der Waals surface area contributed by atoms with Crippen molar-refractivity contribution in [3.8, 4) is 0 Å². The van der Waals surface area contributed by atoms with Gasteiger partial charge in [0.1, 0.15) is 0 Å². The smallest absolute Gasteiger partial charge is 0.0989 e. The molecule has 1 atom stereocenters. The van der Waals surface area contributed by atoms with Crippen molar-refractivity contribution in [2.45, 2.75) is 79.6 Å². The first-order chi connectivity index (χ1) is 15.9. The lowest BCUT2D eigenvalue weighted by molar-refractivity contribution is 0.786. The second-order valence-corrected chi connectivity index (χ2v) is 8.04. The molecular weight excluding hydrogens is 400 g/mol. The molecule has 0 bridgehead atoms. The number of aryl methyl sites for hydroxylation is 1. The van der Waals surface area contributed by atoms with Gasteiger partial charge in [0.25, 0.3) is 0 Å². The Kier molecular flexibility index (Phi) is 17.1. The van der Waals surface area contributed by atoms with Gasteiger partial charge in [-0.25, -0.2) is 4.99 Å². The van der Waals surface area contributed by atoms with Crippen LogP contribution in [0.1, 0.15) is 89.3 Å². The lowest BCUT2D eigenvalue weighted by Crippen LogP contribution is -2.10. The molecule has 0 spiro atoms. The number of aliphatic imine (C=N–C) groups is 1. The van der Waals surface area contributed by atoms with E-state index < -0.39 is 0 Å². The van der Waals surface area contributed by atoms with E-state index >= 15 is 0 Å². The Bertz CT molecular complexity index is 842. The van der Waals surface area contributed by atoms with Gasteiger partial charge in [-0.3, -0.25) is 0 Å². The summed E-state index contributed by atoms with van der Waals surface area (Å²) in [5.74, 6) is 1.19. The zero-order valence-corrected chi connectivity index (χ0v) is 21.9. The number of hydrogen-bond acceptors (Lipinski definition) is 1.